The lowest BCUT2D eigenvalue weighted by Crippen LogP contribution is -2.49. The van der Waals surface area contributed by atoms with Gasteiger partial charge >= 0.3 is 0 Å². The number of nitrogens with one attached hydrogen (secondary N) is 1. The van der Waals surface area contributed by atoms with Gasteiger partial charge < -0.3 is 25.6 Å². The van der Waals surface area contributed by atoms with Crippen molar-refractivity contribution < 1.29 is 28.2 Å². The van der Waals surface area contributed by atoms with Gasteiger partial charge in [0, 0.05) is 59.2 Å². The number of aromatic nitrogens is 1. The Morgan fingerprint density at radius 2 is 2.00 bits per heavy atom. The second-order valence-corrected chi connectivity index (χ2v) is 11.3. The van der Waals surface area contributed by atoms with Crippen molar-refractivity contribution in [1.82, 2.24) is 10.3 Å². The Labute approximate surface area is 236 Å². The fourth-order valence-corrected chi connectivity index (χ4v) is 6.26. The van der Waals surface area contributed by atoms with Crippen molar-refractivity contribution >= 4 is 17.5 Å². The lowest BCUT2D eigenvalue weighted by Gasteiger charge is -2.38. The molecule has 40 heavy (non-hydrogen) atoms. The zero-order valence-electron chi connectivity index (χ0n) is 22.6. The van der Waals surface area contributed by atoms with Crippen LogP contribution in [0.5, 0.6) is 11.5 Å². The number of hydrogen-bond acceptors (Lipinski definition) is 6. The van der Waals surface area contributed by atoms with Crippen LogP contribution in [0.4, 0.5) is 8.78 Å². The standard InChI is InChI=1S/C30H32ClF2N3O4/c1-16-23-22(13-20(32)26(31)25(23)24-19(28(34)37)6-7-21(39-3)27(24)33)40-30(16,17-5-4-12-35-14-17)15-36-18-8-10-29(2,38)11-9-18/h4-7,12-14,16,18,36,38H,8-11,15H2,1-3H3,(H2,34,37)/t16-,18-,29-,30-/m0/s1. The number of aliphatic hydroxyl groups is 1. The second-order valence-electron chi connectivity index (χ2n) is 10.9. The van der Waals surface area contributed by atoms with Gasteiger partial charge in [0.2, 0.25) is 5.91 Å². The number of ether oxygens (including phenoxy) is 2. The van der Waals surface area contributed by atoms with Crippen LogP contribution in [-0.4, -0.2) is 41.3 Å². The van der Waals surface area contributed by atoms with Crippen molar-refractivity contribution in [2.75, 3.05) is 13.7 Å². The van der Waals surface area contributed by atoms with Crippen molar-refractivity contribution in [2.45, 2.75) is 62.7 Å². The van der Waals surface area contributed by atoms with E-state index < -0.39 is 34.7 Å². The van der Waals surface area contributed by atoms with E-state index in [-0.39, 0.29) is 39.3 Å². The molecule has 1 fully saturated rings. The summed E-state index contributed by atoms with van der Waals surface area (Å²) in [6.07, 6.45) is 6.22. The highest BCUT2D eigenvalue weighted by molar-refractivity contribution is 6.34. The molecular formula is C30H32ClF2N3O4. The summed E-state index contributed by atoms with van der Waals surface area (Å²) in [5, 5.41) is 13.6. The van der Waals surface area contributed by atoms with Gasteiger partial charge in [-0.3, -0.25) is 9.78 Å². The maximum Gasteiger partial charge on any atom is 0.249 e. The molecule has 2 aliphatic rings. The number of methoxy groups -OCH3 is 1. The Bertz CT molecular complexity index is 1440. The van der Waals surface area contributed by atoms with E-state index in [2.05, 4.69) is 10.3 Å². The van der Waals surface area contributed by atoms with E-state index >= 15 is 8.78 Å². The predicted molar refractivity (Wildman–Crippen MR) is 148 cm³/mol. The molecule has 1 aliphatic heterocycles. The van der Waals surface area contributed by atoms with Crippen molar-refractivity contribution in [1.29, 1.82) is 0 Å². The van der Waals surface area contributed by atoms with Crippen molar-refractivity contribution in [3.8, 4) is 22.6 Å². The molecule has 1 saturated carbocycles. The summed E-state index contributed by atoms with van der Waals surface area (Å²) < 4.78 is 43.0. The smallest absolute Gasteiger partial charge is 0.249 e. The molecule has 1 aliphatic carbocycles. The van der Waals surface area contributed by atoms with Crippen molar-refractivity contribution in [2.24, 2.45) is 5.73 Å². The quantitative estimate of drug-likeness (QED) is 0.348. The van der Waals surface area contributed by atoms with E-state index in [0.717, 1.165) is 18.4 Å². The maximum absolute atomic E-state index is 15.9. The highest BCUT2D eigenvalue weighted by Gasteiger charge is 2.50. The molecule has 0 unspecified atom stereocenters. The third kappa shape index (κ3) is 4.80. The topological polar surface area (TPSA) is 107 Å². The molecule has 0 saturated heterocycles. The fraction of sp³-hybridized carbons (Fsp3) is 0.400. The van der Waals surface area contributed by atoms with Crippen LogP contribution in [0, 0.1) is 11.6 Å². The number of carbonyl (C=O) groups excluding carboxylic acids is 1. The molecule has 212 valence electrons. The van der Waals surface area contributed by atoms with Gasteiger partial charge in [-0.2, -0.15) is 0 Å². The summed E-state index contributed by atoms with van der Waals surface area (Å²) in [5.41, 5.74) is 4.64. The van der Waals surface area contributed by atoms with Crippen LogP contribution in [0.1, 0.15) is 66.9 Å². The van der Waals surface area contributed by atoms with E-state index in [4.69, 9.17) is 26.8 Å². The van der Waals surface area contributed by atoms with Crippen LogP contribution >= 0.6 is 11.6 Å². The number of hydrogen-bond donors (Lipinski definition) is 3. The third-order valence-electron chi connectivity index (χ3n) is 8.35. The van der Waals surface area contributed by atoms with Gasteiger partial charge in [0.25, 0.3) is 0 Å². The summed E-state index contributed by atoms with van der Waals surface area (Å²) in [4.78, 5) is 16.7. The van der Waals surface area contributed by atoms with Gasteiger partial charge in [-0.1, -0.05) is 24.6 Å². The lowest BCUT2D eigenvalue weighted by molar-refractivity contribution is 0.00887. The first kappa shape index (κ1) is 28.3. The third-order valence-corrected chi connectivity index (χ3v) is 8.72. The molecule has 10 heteroatoms. The molecule has 1 amide bonds. The Balaban J connectivity index is 1.66. The molecule has 2 aromatic carbocycles. The number of primary amides is 1. The number of pyridine rings is 1. The minimum absolute atomic E-state index is 0.00570. The van der Waals surface area contributed by atoms with Crippen LogP contribution in [0.25, 0.3) is 11.1 Å². The number of fused-ring (bicyclic) bond motifs is 1. The SMILES string of the molecule is COc1ccc(C(N)=O)c(-c2c(Cl)c(F)cc3c2[C@H](C)[C@@](CN[C@H]2CC[C@](C)(O)CC2)(c2cccnc2)O3)c1F. The number of halogens is 3. The van der Waals surface area contributed by atoms with E-state index in [9.17, 15) is 9.90 Å². The Morgan fingerprint density at radius 1 is 1.27 bits per heavy atom. The lowest BCUT2D eigenvalue weighted by atomic mass is 9.77. The van der Waals surface area contributed by atoms with Gasteiger partial charge in [0.1, 0.15) is 11.6 Å². The summed E-state index contributed by atoms with van der Waals surface area (Å²) in [6.45, 7) is 4.06. The summed E-state index contributed by atoms with van der Waals surface area (Å²) in [6, 6.07) is 7.61. The Morgan fingerprint density at radius 3 is 2.62 bits per heavy atom. The Kier molecular flexibility index (Phi) is 7.50. The summed E-state index contributed by atoms with van der Waals surface area (Å²) in [5.74, 6) is -3.07. The number of carbonyl (C=O) groups is 1. The summed E-state index contributed by atoms with van der Waals surface area (Å²) in [7, 11) is 1.29. The van der Waals surface area contributed by atoms with Crippen LogP contribution < -0.4 is 20.5 Å². The van der Waals surface area contributed by atoms with Crippen LogP contribution in [0.2, 0.25) is 5.02 Å². The van der Waals surface area contributed by atoms with E-state index in [0.29, 0.717) is 24.9 Å². The first-order valence-electron chi connectivity index (χ1n) is 13.2. The molecule has 0 radical (unpaired) electrons. The highest BCUT2D eigenvalue weighted by atomic mass is 35.5. The molecule has 5 rings (SSSR count). The van der Waals surface area contributed by atoms with Crippen LogP contribution in [0.15, 0.2) is 42.7 Å². The van der Waals surface area contributed by atoms with Crippen molar-refractivity contribution in [3.05, 3.63) is 76.1 Å². The van der Waals surface area contributed by atoms with Gasteiger partial charge in [0.05, 0.1) is 23.3 Å². The van der Waals surface area contributed by atoms with Crippen molar-refractivity contribution in [3.63, 3.8) is 0 Å². The number of amides is 1. The molecule has 0 bridgehead atoms. The highest BCUT2D eigenvalue weighted by Crippen LogP contribution is 2.56. The monoisotopic (exact) mass is 571 g/mol. The first-order valence-corrected chi connectivity index (χ1v) is 13.6. The average Bonchev–Trinajstić information content (AvgIpc) is 3.21. The molecule has 3 aromatic rings. The largest absolute Gasteiger partial charge is 0.494 e. The zero-order chi connectivity index (χ0) is 28.8. The normalized spacial score (nSPS) is 25.8. The molecule has 2 heterocycles. The minimum atomic E-state index is -1.06. The van der Waals surface area contributed by atoms with E-state index in [1.54, 1.807) is 18.5 Å². The van der Waals surface area contributed by atoms with Gasteiger partial charge in [-0.25, -0.2) is 8.78 Å². The molecule has 7 nitrogen and oxygen atoms in total. The second kappa shape index (κ2) is 10.6. The predicted octanol–water partition coefficient (Wildman–Crippen LogP) is 5.46. The average molecular weight is 572 g/mol. The minimum Gasteiger partial charge on any atom is -0.494 e. The number of rotatable bonds is 7. The number of benzene rings is 2. The maximum atomic E-state index is 15.9. The molecular weight excluding hydrogens is 540 g/mol. The Hall–Kier alpha value is -3.27. The zero-order valence-corrected chi connectivity index (χ0v) is 23.3. The van der Waals surface area contributed by atoms with Gasteiger partial charge in [-0.15, -0.1) is 0 Å². The summed E-state index contributed by atoms with van der Waals surface area (Å²) >= 11 is 6.54. The van der Waals surface area contributed by atoms with E-state index in [1.807, 2.05) is 19.9 Å². The van der Waals surface area contributed by atoms with E-state index in [1.165, 1.54) is 25.3 Å². The number of nitrogens with zero attached hydrogens (tertiary/aromatic N) is 1. The van der Waals surface area contributed by atoms with Gasteiger partial charge in [-0.05, 0) is 50.8 Å². The molecule has 2 atom stereocenters. The fourth-order valence-electron chi connectivity index (χ4n) is 6.01. The van der Waals surface area contributed by atoms with Gasteiger partial charge in [0.15, 0.2) is 17.2 Å². The first-order chi connectivity index (χ1) is 19.0. The molecule has 0 spiro atoms. The molecule has 4 N–H and O–H groups in total. The van der Waals surface area contributed by atoms with Crippen LogP contribution in [0.3, 0.4) is 0 Å². The molecule has 1 aromatic heterocycles. The van der Waals surface area contributed by atoms with Crippen LogP contribution in [-0.2, 0) is 5.60 Å². The number of nitrogens with two attached hydrogens (primary N) is 1.